The van der Waals surface area contributed by atoms with Crippen LogP contribution in [-0.2, 0) is 4.79 Å². The van der Waals surface area contributed by atoms with E-state index in [1.807, 2.05) is 0 Å². The van der Waals surface area contributed by atoms with E-state index in [0.29, 0.717) is 0 Å². The number of carboxylic acid groups (broad SMARTS) is 1. The summed E-state index contributed by atoms with van der Waals surface area (Å²) in [7, 11) is 0. The van der Waals surface area contributed by atoms with Crippen LogP contribution < -0.4 is 5.32 Å². The highest BCUT2D eigenvalue weighted by molar-refractivity contribution is 5.96. The fraction of sp³-hybridized carbons (Fsp3) is 0.273. The largest absolute Gasteiger partial charge is 0.480 e. The lowest BCUT2D eigenvalue weighted by atomic mass is 10.1. The number of rotatable bonds is 4. The Balaban J connectivity index is 2.82. The quantitative estimate of drug-likeness (QED) is 0.708. The molecule has 5 nitrogen and oxygen atoms in total. The standard InChI is InChI=1S/C11H12FNO4/c1-6-4-7(2-3-8(6)12)10(15)13-9(5-14)11(16)17/h2-4,9,14H,5H2,1H3,(H,13,15)(H,16,17). The first kappa shape index (κ1) is 13.1. The molecule has 17 heavy (non-hydrogen) atoms. The molecular formula is C11H12FNO4. The second-order valence-electron chi connectivity index (χ2n) is 3.51. The third kappa shape index (κ3) is 3.25. The van der Waals surface area contributed by atoms with Gasteiger partial charge in [-0.2, -0.15) is 0 Å². The number of aliphatic hydroxyl groups excluding tert-OH is 1. The molecule has 1 aromatic carbocycles. The number of nitrogens with one attached hydrogen (secondary N) is 1. The van der Waals surface area contributed by atoms with E-state index in [4.69, 9.17) is 10.2 Å². The monoisotopic (exact) mass is 241 g/mol. The van der Waals surface area contributed by atoms with Crippen molar-refractivity contribution >= 4 is 11.9 Å². The molecule has 6 heteroatoms. The maximum absolute atomic E-state index is 13.0. The van der Waals surface area contributed by atoms with E-state index in [9.17, 15) is 14.0 Å². The summed E-state index contributed by atoms with van der Waals surface area (Å²) in [4.78, 5) is 22.2. The Morgan fingerprint density at radius 2 is 2.12 bits per heavy atom. The van der Waals surface area contributed by atoms with Crippen molar-refractivity contribution in [1.29, 1.82) is 0 Å². The lowest BCUT2D eigenvalue weighted by Gasteiger charge is -2.11. The zero-order valence-corrected chi connectivity index (χ0v) is 9.11. The molecule has 0 spiro atoms. The van der Waals surface area contributed by atoms with Crippen LogP contribution in [0.3, 0.4) is 0 Å². The van der Waals surface area contributed by atoms with Gasteiger partial charge in [-0.1, -0.05) is 0 Å². The summed E-state index contributed by atoms with van der Waals surface area (Å²) in [6.07, 6.45) is 0. The highest BCUT2D eigenvalue weighted by Gasteiger charge is 2.19. The van der Waals surface area contributed by atoms with Gasteiger partial charge in [-0.3, -0.25) is 4.79 Å². The fourth-order valence-corrected chi connectivity index (χ4v) is 1.21. The van der Waals surface area contributed by atoms with Crippen molar-refractivity contribution in [3.8, 4) is 0 Å². The van der Waals surface area contributed by atoms with E-state index in [2.05, 4.69) is 5.32 Å². The summed E-state index contributed by atoms with van der Waals surface area (Å²) in [5.41, 5.74) is 0.428. The second kappa shape index (κ2) is 5.40. The number of hydrogen-bond donors (Lipinski definition) is 3. The number of hydrogen-bond acceptors (Lipinski definition) is 3. The second-order valence-corrected chi connectivity index (χ2v) is 3.51. The predicted molar refractivity (Wildman–Crippen MR) is 57.1 cm³/mol. The number of carbonyl (C=O) groups excluding carboxylic acids is 1. The van der Waals surface area contributed by atoms with Gasteiger partial charge in [-0.15, -0.1) is 0 Å². The Labute approximate surface area is 96.9 Å². The molecule has 0 saturated carbocycles. The van der Waals surface area contributed by atoms with Crippen LogP contribution in [0.15, 0.2) is 18.2 Å². The van der Waals surface area contributed by atoms with E-state index in [-0.39, 0.29) is 11.1 Å². The molecule has 0 aliphatic heterocycles. The van der Waals surface area contributed by atoms with Gasteiger partial charge < -0.3 is 15.5 Å². The molecule has 3 N–H and O–H groups in total. The molecule has 0 bridgehead atoms. The van der Waals surface area contributed by atoms with Crippen molar-refractivity contribution in [2.24, 2.45) is 0 Å². The molecule has 0 fully saturated rings. The van der Waals surface area contributed by atoms with Crippen molar-refractivity contribution in [3.05, 3.63) is 35.1 Å². The summed E-state index contributed by atoms with van der Waals surface area (Å²) in [6.45, 7) is 0.786. The first-order valence-corrected chi connectivity index (χ1v) is 4.86. The van der Waals surface area contributed by atoms with Gasteiger partial charge in [-0.05, 0) is 30.7 Å². The number of benzene rings is 1. The summed E-state index contributed by atoms with van der Waals surface area (Å²) in [5, 5.41) is 19.5. The van der Waals surface area contributed by atoms with Crippen molar-refractivity contribution in [3.63, 3.8) is 0 Å². The highest BCUT2D eigenvalue weighted by Crippen LogP contribution is 2.09. The number of amides is 1. The van der Waals surface area contributed by atoms with Crippen LogP contribution in [0.25, 0.3) is 0 Å². The maximum Gasteiger partial charge on any atom is 0.328 e. The Morgan fingerprint density at radius 1 is 1.47 bits per heavy atom. The average Bonchev–Trinajstić information content (AvgIpc) is 2.28. The van der Waals surface area contributed by atoms with Crippen LogP contribution in [0.2, 0.25) is 0 Å². The maximum atomic E-state index is 13.0. The minimum Gasteiger partial charge on any atom is -0.480 e. The van der Waals surface area contributed by atoms with Crippen molar-refractivity contribution in [2.75, 3.05) is 6.61 Å². The lowest BCUT2D eigenvalue weighted by molar-refractivity contribution is -0.140. The molecule has 0 aromatic heterocycles. The zero-order valence-electron chi connectivity index (χ0n) is 9.11. The number of carboxylic acids is 1. The first-order valence-electron chi connectivity index (χ1n) is 4.86. The smallest absolute Gasteiger partial charge is 0.328 e. The molecule has 1 atom stereocenters. The van der Waals surface area contributed by atoms with E-state index in [0.717, 1.165) is 6.07 Å². The number of carbonyl (C=O) groups is 2. The first-order chi connectivity index (χ1) is 7.95. The highest BCUT2D eigenvalue weighted by atomic mass is 19.1. The molecule has 0 radical (unpaired) electrons. The van der Waals surface area contributed by atoms with Gasteiger partial charge in [0.25, 0.3) is 5.91 Å². The van der Waals surface area contributed by atoms with Crippen LogP contribution in [0.4, 0.5) is 4.39 Å². The summed E-state index contributed by atoms with van der Waals surface area (Å²) in [5.74, 6) is -2.45. The van der Waals surface area contributed by atoms with E-state index in [1.54, 1.807) is 0 Å². The van der Waals surface area contributed by atoms with Crippen molar-refractivity contribution in [2.45, 2.75) is 13.0 Å². The van der Waals surface area contributed by atoms with Gasteiger partial charge in [0.2, 0.25) is 0 Å². The normalized spacial score (nSPS) is 11.9. The molecule has 1 unspecified atom stereocenters. The third-order valence-electron chi connectivity index (χ3n) is 2.21. The summed E-state index contributed by atoms with van der Waals surface area (Å²) >= 11 is 0. The number of aliphatic hydroxyl groups is 1. The minimum absolute atomic E-state index is 0.142. The van der Waals surface area contributed by atoms with Crippen LogP contribution in [0.5, 0.6) is 0 Å². The Bertz CT molecular complexity index is 447. The van der Waals surface area contributed by atoms with Crippen LogP contribution in [0.1, 0.15) is 15.9 Å². The minimum atomic E-state index is -1.37. The average molecular weight is 241 g/mol. The van der Waals surface area contributed by atoms with Gasteiger partial charge >= 0.3 is 5.97 Å². The number of aryl methyl sites for hydroxylation is 1. The van der Waals surface area contributed by atoms with E-state index >= 15 is 0 Å². The predicted octanol–water partition coefficient (Wildman–Crippen LogP) is 0.309. The number of aliphatic carboxylic acids is 1. The zero-order chi connectivity index (χ0) is 13.0. The SMILES string of the molecule is Cc1cc(C(=O)NC(CO)C(=O)O)ccc1F. The number of halogens is 1. The van der Waals surface area contributed by atoms with Gasteiger partial charge in [0, 0.05) is 5.56 Å². The Kier molecular flexibility index (Phi) is 4.17. The van der Waals surface area contributed by atoms with Crippen molar-refractivity contribution in [1.82, 2.24) is 5.32 Å². The molecule has 0 saturated heterocycles. The Hall–Kier alpha value is -1.95. The van der Waals surface area contributed by atoms with Crippen molar-refractivity contribution < 1.29 is 24.2 Å². The molecular weight excluding hydrogens is 229 g/mol. The van der Waals surface area contributed by atoms with E-state index < -0.39 is 30.3 Å². The molecule has 1 amide bonds. The van der Waals surface area contributed by atoms with Gasteiger partial charge in [0.15, 0.2) is 6.04 Å². The topological polar surface area (TPSA) is 86.6 Å². The van der Waals surface area contributed by atoms with Crippen LogP contribution in [0, 0.1) is 12.7 Å². The van der Waals surface area contributed by atoms with Gasteiger partial charge in [0.1, 0.15) is 5.82 Å². The molecule has 0 aliphatic carbocycles. The molecule has 0 heterocycles. The summed E-state index contributed by atoms with van der Waals surface area (Å²) in [6, 6.07) is 2.31. The summed E-state index contributed by atoms with van der Waals surface area (Å²) < 4.78 is 13.0. The van der Waals surface area contributed by atoms with Gasteiger partial charge in [-0.25, -0.2) is 9.18 Å². The molecule has 1 aromatic rings. The fourth-order valence-electron chi connectivity index (χ4n) is 1.21. The van der Waals surface area contributed by atoms with E-state index in [1.165, 1.54) is 19.1 Å². The third-order valence-corrected chi connectivity index (χ3v) is 2.21. The van der Waals surface area contributed by atoms with Gasteiger partial charge in [0.05, 0.1) is 6.61 Å². The molecule has 92 valence electrons. The Morgan fingerprint density at radius 3 is 2.59 bits per heavy atom. The lowest BCUT2D eigenvalue weighted by Crippen LogP contribution is -2.43. The van der Waals surface area contributed by atoms with Crippen LogP contribution >= 0.6 is 0 Å². The van der Waals surface area contributed by atoms with Crippen LogP contribution in [-0.4, -0.2) is 34.7 Å². The molecule has 1 rings (SSSR count). The molecule has 0 aliphatic rings.